The maximum atomic E-state index is 13.0. The fraction of sp³-hybridized carbons (Fsp3) is 0.278. The predicted octanol–water partition coefficient (Wildman–Crippen LogP) is 3.78. The number of nitrogens with zero attached hydrogens (tertiary/aromatic N) is 3. The highest BCUT2D eigenvalue weighted by molar-refractivity contribution is 5.72. The number of anilines is 2. The SMILES string of the molecule is CN(C)C(CNc1cc(N)c([N+](=O)[O-])c(C#N)c1)c1cccc(C(F)(F)F)c1. The molecule has 0 fully saturated rings. The van der Waals surface area contributed by atoms with Crippen LogP contribution in [0.4, 0.5) is 30.2 Å². The Bertz CT molecular complexity index is 922. The molecule has 7 nitrogen and oxygen atoms in total. The van der Waals surface area contributed by atoms with Gasteiger partial charge in [-0.25, -0.2) is 0 Å². The lowest BCUT2D eigenvalue weighted by molar-refractivity contribution is -0.384. The third kappa shape index (κ3) is 4.69. The van der Waals surface area contributed by atoms with Gasteiger partial charge in [0, 0.05) is 12.2 Å². The molecule has 0 aliphatic rings. The van der Waals surface area contributed by atoms with Crippen LogP contribution in [-0.4, -0.2) is 30.5 Å². The molecule has 0 amide bonds. The zero-order valence-corrected chi connectivity index (χ0v) is 15.1. The van der Waals surface area contributed by atoms with E-state index in [0.29, 0.717) is 11.3 Å². The number of nitro benzene ring substituents is 1. The predicted molar refractivity (Wildman–Crippen MR) is 98.6 cm³/mol. The minimum atomic E-state index is -4.45. The highest BCUT2D eigenvalue weighted by Crippen LogP contribution is 2.33. The summed E-state index contributed by atoms with van der Waals surface area (Å²) in [7, 11) is 3.44. The number of nitrogens with two attached hydrogens (primary N) is 1. The van der Waals surface area contributed by atoms with Crippen LogP contribution in [0.2, 0.25) is 0 Å². The maximum Gasteiger partial charge on any atom is 0.416 e. The van der Waals surface area contributed by atoms with Crippen molar-refractivity contribution in [2.45, 2.75) is 12.2 Å². The second kappa shape index (κ2) is 8.14. The number of nitrogen functional groups attached to an aromatic ring is 1. The standard InChI is InChI=1S/C18H18F3N5O2/c1-25(2)16(11-4-3-5-13(6-11)18(19,20)21)10-24-14-7-12(9-22)17(26(27)28)15(23)8-14/h3-8,16,24H,10,23H2,1-2H3. The summed E-state index contributed by atoms with van der Waals surface area (Å²) in [5.41, 5.74) is 4.88. The molecule has 10 heteroatoms. The summed E-state index contributed by atoms with van der Waals surface area (Å²) in [6.45, 7) is 0.191. The Hall–Kier alpha value is -3.32. The van der Waals surface area contributed by atoms with Crippen molar-refractivity contribution in [2.75, 3.05) is 31.7 Å². The number of likely N-dealkylation sites (N-methyl/N-ethyl adjacent to an activating group) is 1. The molecule has 0 saturated heterocycles. The van der Waals surface area contributed by atoms with Gasteiger partial charge in [-0.1, -0.05) is 12.1 Å². The molecular formula is C18H18F3N5O2. The number of halogens is 3. The van der Waals surface area contributed by atoms with E-state index < -0.39 is 28.4 Å². The van der Waals surface area contributed by atoms with Gasteiger partial charge in [0.05, 0.1) is 16.5 Å². The van der Waals surface area contributed by atoms with E-state index in [1.54, 1.807) is 31.1 Å². The first-order chi connectivity index (χ1) is 13.0. The molecule has 148 valence electrons. The van der Waals surface area contributed by atoms with Crippen LogP contribution in [0, 0.1) is 21.4 Å². The van der Waals surface area contributed by atoms with E-state index in [-0.39, 0.29) is 17.8 Å². The van der Waals surface area contributed by atoms with Crippen LogP contribution >= 0.6 is 0 Å². The number of hydrogen-bond acceptors (Lipinski definition) is 6. The van der Waals surface area contributed by atoms with Gasteiger partial charge in [0.1, 0.15) is 17.3 Å². The van der Waals surface area contributed by atoms with E-state index >= 15 is 0 Å². The molecule has 2 aromatic rings. The van der Waals surface area contributed by atoms with Crippen LogP contribution in [-0.2, 0) is 6.18 Å². The zero-order chi connectivity index (χ0) is 21.1. The summed E-state index contributed by atoms with van der Waals surface area (Å²) < 4.78 is 39.0. The number of nitriles is 1. The number of nitro groups is 1. The summed E-state index contributed by atoms with van der Waals surface area (Å²) in [4.78, 5) is 12.0. The Morgan fingerprint density at radius 2 is 2.00 bits per heavy atom. The van der Waals surface area contributed by atoms with Crippen LogP contribution in [0.25, 0.3) is 0 Å². The third-order valence-electron chi connectivity index (χ3n) is 4.16. The zero-order valence-electron chi connectivity index (χ0n) is 15.1. The van der Waals surface area contributed by atoms with E-state index in [2.05, 4.69) is 5.32 Å². The summed E-state index contributed by atoms with van der Waals surface area (Å²) >= 11 is 0. The van der Waals surface area contributed by atoms with Crippen molar-refractivity contribution in [3.8, 4) is 6.07 Å². The van der Waals surface area contributed by atoms with Crippen molar-refractivity contribution in [3.05, 3.63) is 63.2 Å². The van der Waals surface area contributed by atoms with Crippen LogP contribution < -0.4 is 11.1 Å². The first-order valence-electron chi connectivity index (χ1n) is 8.10. The smallest absolute Gasteiger partial charge is 0.393 e. The fourth-order valence-corrected chi connectivity index (χ4v) is 2.78. The number of benzene rings is 2. The van der Waals surface area contributed by atoms with Crippen molar-refractivity contribution in [3.63, 3.8) is 0 Å². The van der Waals surface area contributed by atoms with E-state index in [4.69, 9.17) is 11.0 Å². The second-order valence-electron chi connectivity index (χ2n) is 6.31. The van der Waals surface area contributed by atoms with Crippen LogP contribution in [0.15, 0.2) is 36.4 Å². The normalized spacial score (nSPS) is 12.5. The van der Waals surface area contributed by atoms with Crippen LogP contribution in [0.5, 0.6) is 0 Å². The Kier molecular flexibility index (Phi) is 6.10. The molecule has 0 bridgehead atoms. The first-order valence-corrected chi connectivity index (χ1v) is 8.10. The Morgan fingerprint density at radius 3 is 2.54 bits per heavy atom. The molecule has 28 heavy (non-hydrogen) atoms. The third-order valence-corrected chi connectivity index (χ3v) is 4.16. The number of alkyl halides is 3. The molecule has 0 aliphatic heterocycles. The van der Waals surface area contributed by atoms with Crippen molar-refractivity contribution in [1.29, 1.82) is 5.26 Å². The van der Waals surface area contributed by atoms with Gasteiger partial charge in [-0.3, -0.25) is 10.1 Å². The summed E-state index contributed by atoms with van der Waals surface area (Å²) in [5.74, 6) is 0. The lowest BCUT2D eigenvalue weighted by Gasteiger charge is -2.26. The number of nitrogens with one attached hydrogen (secondary N) is 1. The number of rotatable bonds is 6. The highest BCUT2D eigenvalue weighted by Gasteiger charge is 2.31. The Labute approximate surface area is 159 Å². The van der Waals surface area contributed by atoms with Gasteiger partial charge in [-0.05, 0) is 43.9 Å². The molecule has 0 radical (unpaired) electrons. The summed E-state index contributed by atoms with van der Waals surface area (Å²) in [5, 5.41) is 23.1. The second-order valence-corrected chi connectivity index (χ2v) is 6.31. The largest absolute Gasteiger partial charge is 0.416 e. The van der Waals surface area contributed by atoms with Gasteiger partial charge >= 0.3 is 11.9 Å². The fourth-order valence-electron chi connectivity index (χ4n) is 2.78. The van der Waals surface area contributed by atoms with E-state index in [1.165, 1.54) is 18.2 Å². The maximum absolute atomic E-state index is 13.0. The van der Waals surface area contributed by atoms with Crippen molar-refractivity contribution in [1.82, 2.24) is 4.90 Å². The molecule has 2 aromatic carbocycles. The average Bonchev–Trinajstić information content (AvgIpc) is 2.60. The highest BCUT2D eigenvalue weighted by atomic mass is 19.4. The van der Waals surface area contributed by atoms with Gasteiger partial charge in [0.15, 0.2) is 0 Å². The topological polar surface area (TPSA) is 108 Å². The molecule has 1 unspecified atom stereocenters. The van der Waals surface area contributed by atoms with Crippen LogP contribution in [0.3, 0.4) is 0 Å². The monoisotopic (exact) mass is 393 g/mol. The Balaban J connectivity index is 2.29. The molecule has 1 atom stereocenters. The average molecular weight is 393 g/mol. The van der Waals surface area contributed by atoms with Crippen molar-refractivity contribution < 1.29 is 18.1 Å². The molecule has 0 heterocycles. The molecule has 0 aliphatic carbocycles. The lowest BCUT2D eigenvalue weighted by Crippen LogP contribution is -2.27. The molecule has 3 N–H and O–H groups in total. The van der Waals surface area contributed by atoms with Gasteiger partial charge in [-0.2, -0.15) is 18.4 Å². The van der Waals surface area contributed by atoms with Crippen molar-refractivity contribution >= 4 is 17.1 Å². The molecular weight excluding hydrogens is 375 g/mol. The first kappa shape index (κ1) is 21.0. The lowest BCUT2D eigenvalue weighted by atomic mass is 10.0. The minimum absolute atomic E-state index is 0.174. The molecule has 0 aromatic heterocycles. The number of hydrogen-bond donors (Lipinski definition) is 2. The van der Waals surface area contributed by atoms with E-state index in [1.807, 2.05) is 0 Å². The van der Waals surface area contributed by atoms with E-state index in [9.17, 15) is 23.3 Å². The van der Waals surface area contributed by atoms with Crippen LogP contribution in [0.1, 0.15) is 22.7 Å². The molecule has 0 spiro atoms. The van der Waals surface area contributed by atoms with Crippen molar-refractivity contribution in [2.24, 2.45) is 0 Å². The summed E-state index contributed by atoms with van der Waals surface area (Å²) in [6, 6.07) is 8.91. The Morgan fingerprint density at radius 1 is 1.32 bits per heavy atom. The summed E-state index contributed by atoms with van der Waals surface area (Å²) in [6.07, 6.45) is -4.45. The quantitative estimate of drug-likeness (QED) is 0.439. The van der Waals surface area contributed by atoms with Gasteiger partial charge in [0.25, 0.3) is 0 Å². The van der Waals surface area contributed by atoms with E-state index in [0.717, 1.165) is 12.1 Å². The minimum Gasteiger partial charge on any atom is -0.393 e. The van der Waals surface area contributed by atoms with Gasteiger partial charge < -0.3 is 16.0 Å². The van der Waals surface area contributed by atoms with Gasteiger partial charge in [0.2, 0.25) is 0 Å². The van der Waals surface area contributed by atoms with Gasteiger partial charge in [-0.15, -0.1) is 0 Å². The molecule has 2 rings (SSSR count). The molecule has 0 saturated carbocycles.